The first-order valence-corrected chi connectivity index (χ1v) is 5.05. The molecule has 1 unspecified atom stereocenters. The van der Waals surface area contributed by atoms with Gasteiger partial charge in [-0.1, -0.05) is 19.3 Å². The third kappa shape index (κ3) is 4.27. The second kappa shape index (κ2) is 5.22. The number of hydrogen-bond donors (Lipinski definition) is 1. The van der Waals surface area contributed by atoms with Crippen LogP contribution in [0.15, 0.2) is 0 Å². The molecule has 0 bridgehead atoms. The topological polar surface area (TPSA) is 46.5 Å². The Morgan fingerprint density at radius 2 is 2.08 bits per heavy atom. The van der Waals surface area contributed by atoms with Crippen LogP contribution in [0.2, 0.25) is 0 Å². The molecule has 3 nitrogen and oxygen atoms in total. The Bertz CT molecular complexity index is 162. The average molecular weight is 186 g/mol. The lowest BCUT2D eigenvalue weighted by Gasteiger charge is -2.24. The smallest absolute Gasteiger partial charge is 0.305 e. The molecule has 1 aliphatic carbocycles. The highest BCUT2D eigenvalue weighted by molar-refractivity contribution is 5.67. The van der Waals surface area contributed by atoms with E-state index in [9.17, 15) is 4.79 Å². The van der Waals surface area contributed by atoms with Gasteiger partial charge in [0.1, 0.15) is 0 Å². The molecular formula is C10H18O3. The Labute approximate surface area is 79.1 Å². The molecule has 0 aliphatic heterocycles. The summed E-state index contributed by atoms with van der Waals surface area (Å²) < 4.78 is 5.62. The molecular weight excluding hydrogens is 168 g/mol. The minimum Gasteiger partial charge on any atom is -0.481 e. The molecule has 1 saturated carbocycles. The van der Waals surface area contributed by atoms with Crippen molar-refractivity contribution >= 4 is 5.97 Å². The van der Waals surface area contributed by atoms with Crippen LogP contribution in [-0.2, 0) is 9.53 Å². The second-order valence-corrected chi connectivity index (χ2v) is 3.80. The third-order valence-corrected chi connectivity index (χ3v) is 2.44. The van der Waals surface area contributed by atoms with E-state index in [2.05, 4.69) is 0 Å². The predicted octanol–water partition coefficient (Wildman–Crippen LogP) is 2.20. The van der Waals surface area contributed by atoms with Gasteiger partial charge < -0.3 is 9.84 Å². The zero-order valence-corrected chi connectivity index (χ0v) is 8.16. The van der Waals surface area contributed by atoms with E-state index in [0.717, 1.165) is 12.8 Å². The molecule has 3 heteroatoms. The maximum absolute atomic E-state index is 10.4. The van der Waals surface area contributed by atoms with Crippen LogP contribution >= 0.6 is 0 Å². The normalized spacial score (nSPS) is 21.3. The maximum atomic E-state index is 10.4. The van der Waals surface area contributed by atoms with Gasteiger partial charge in [0.15, 0.2) is 0 Å². The van der Waals surface area contributed by atoms with Crippen molar-refractivity contribution in [1.82, 2.24) is 0 Å². The number of carboxylic acids is 1. The fraction of sp³-hybridized carbons (Fsp3) is 0.900. The van der Waals surface area contributed by atoms with E-state index in [0.29, 0.717) is 6.10 Å². The van der Waals surface area contributed by atoms with Gasteiger partial charge in [0.2, 0.25) is 0 Å². The van der Waals surface area contributed by atoms with Gasteiger partial charge in [-0.05, 0) is 19.8 Å². The summed E-state index contributed by atoms with van der Waals surface area (Å²) >= 11 is 0. The lowest BCUT2D eigenvalue weighted by Crippen LogP contribution is -2.24. The highest BCUT2D eigenvalue weighted by atomic mass is 16.5. The van der Waals surface area contributed by atoms with Gasteiger partial charge in [0.05, 0.1) is 18.6 Å². The van der Waals surface area contributed by atoms with Crippen LogP contribution in [0.3, 0.4) is 0 Å². The van der Waals surface area contributed by atoms with Gasteiger partial charge in [-0.2, -0.15) is 0 Å². The molecule has 1 atom stereocenters. The second-order valence-electron chi connectivity index (χ2n) is 3.80. The molecule has 13 heavy (non-hydrogen) atoms. The van der Waals surface area contributed by atoms with Crippen LogP contribution in [0.4, 0.5) is 0 Å². The molecule has 0 amide bonds. The van der Waals surface area contributed by atoms with Crippen molar-refractivity contribution < 1.29 is 14.6 Å². The van der Waals surface area contributed by atoms with Crippen molar-refractivity contribution in [3.63, 3.8) is 0 Å². The summed E-state index contributed by atoms with van der Waals surface area (Å²) in [6, 6.07) is 0. The number of hydrogen-bond acceptors (Lipinski definition) is 2. The lowest BCUT2D eigenvalue weighted by molar-refractivity contribution is -0.141. The van der Waals surface area contributed by atoms with E-state index in [4.69, 9.17) is 9.84 Å². The summed E-state index contributed by atoms with van der Waals surface area (Å²) in [5, 5.41) is 8.53. The van der Waals surface area contributed by atoms with E-state index in [1.54, 1.807) is 0 Å². The number of ether oxygens (including phenoxy) is 1. The molecule has 0 saturated heterocycles. The van der Waals surface area contributed by atoms with Crippen molar-refractivity contribution in [2.75, 3.05) is 0 Å². The van der Waals surface area contributed by atoms with Gasteiger partial charge >= 0.3 is 5.97 Å². The monoisotopic (exact) mass is 186 g/mol. The van der Waals surface area contributed by atoms with Crippen LogP contribution in [0.1, 0.15) is 45.4 Å². The zero-order chi connectivity index (χ0) is 9.68. The largest absolute Gasteiger partial charge is 0.481 e. The van der Waals surface area contributed by atoms with E-state index >= 15 is 0 Å². The van der Waals surface area contributed by atoms with E-state index in [-0.39, 0.29) is 12.5 Å². The first kappa shape index (κ1) is 10.5. The van der Waals surface area contributed by atoms with Crippen LogP contribution < -0.4 is 0 Å². The number of carbonyl (C=O) groups is 1. The number of carboxylic acid groups (broad SMARTS) is 1. The number of aliphatic carboxylic acids is 1. The van der Waals surface area contributed by atoms with Gasteiger partial charge in [-0.15, -0.1) is 0 Å². The number of rotatable bonds is 4. The first-order chi connectivity index (χ1) is 6.18. The Morgan fingerprint density at radius 3 is 2.62 bits per heavy atom. The summed E-state index contributed by atoms with van der Waals surface area (Å²) in [5.74, 6) is -0.775. The van der Waals surface area contributed by atoms with E-state index in [1.807, 2.05) is 6.92 Å². The van der Waals surface area contributed by atoms with E-state index in [1.165, 1.54) is 19.3 Å². The quantitative estimate of drug-likeness (QED) is 0.732. The Hall–Kier alpha value is -0.570. The molecule has 0 aromatic carbocycles. The predicted molar refractivity (Wildman–Crippen MR) is 49.7 cm³/mol. The van der Waals surface area contributed by atoms with Crippen LogP contribution in [0, 0.1) is 0 Å². The zero-order valence-electron chi connectivity index (χ0n) is 8.16. The highest BCUT2D eigenvalue weighted by Crippen LogP contribution is 2.21. The standard InChI is InChI=1S/C10H18O3/c1-8(7-10(11)12)13-9-5-3-2-4-6-9/h8-9H,2-7H2,1H3,(H,11,12). The first-order valence-electron chi connectivity index (χ1n) is 5.05. The Balaban J connectivity index is 2.18. The Kier molecular flexibility index (Phi) is 4.22. The SMILES string of the molecule is CC(CC(=O)O)OC1CCCCC1. The minimum absolute atomic E-state index is 0.122. The van der Waals surface area contributed by atoms with Crippen molar-refractivity contribution in [3.8, 4) is 0 Å². The van der Waals surface area contributed by atoms with Gasteiger partial charge in [-0.25, -0.2) is 0 Å². The van der Waals surface area contributed by atoms with Crippen LogP contribution in [-0.4, -0.2) is 23.3 Å². The van der Waals surface area contributed by atoms with Gasteiger partial charge in [0, 0.05) is 0 Å². The van der Waals surface area contributed by atoms with Gasteiger partial charge in [-0.3, -0.25) is 4.79 Å². The minimum atomic E-state index is -0.775. The van der Waals surface area contributed by atoms with Crippen molar-refractivity contribution in [2.24, 2.45) is 0 Å². The maximum Gasteiger partial charge on any atom is 0.305 e. The Morgan fingerprint density at radius 1 is 1.46 bits per heavy atom. The van der Waals surface area contributed by atoms with E-state index < -0.39 is 5.97 Å². The summed E-state index contributed by atoms with van der Waals surface area (Å²) in [4.78, 5) is 10.4. The fourth-order valence-corrected chi connectivity index (χ4v) is 1.82. The molecule has 0 aromatic rings. The highest BCUT2D eigenvalue weighted by Gasteiger charge is 2.17. The molecule has 0 aromatic heterocycles. The molecule has 0 radical (unpaired) electrons. The van der Waals surface area contributed by atoms with Crippen molar-refractivity contribution in [3.05, 3.63) is 0 Å². The third-order valence-electron chi connectivity index (χ3n) is 2.44. The fourth-order valence-electron chi connectivity index (χ4n) is 1.82. The molecule has 76 valence electrons. The summed E-state index contributed by atoms with van der Waals surface area (Å²) in [7, 11) is 0. The van der Waals surface area contributed by atoms with Crippen molar-refractivity contribution in [2.45, 2.75) is 57.7 Å². The van der Waals surface area contributed by atoms with Crippen molar-refractivity contribution in [1.29, 1.82) is 0 Å². The lowest BCUT2D eigenvalue weighted by atomic mass is 9.97. The molecule has 0 heterocycles. The molecule has 1 rings (SSSR count). The van der Waals surface area contributed by atoms with Crippen LogP contribution in [0.5, 0.6) is 0 Å². The molecule has 1 fully saturated rings. The van der Waals surface area contributed by atoms with Gasteiger partial charge in [0.25, 0.3) is 0 Å². The average Bonchev–Trinajstić information content (AvgIpc) is 2.04. The van der Waals surface area contributed by atoms with Crippen LogP contribution in [0.25, 0.3) is 0 Å². The molecule has 1 N–H and O–H groups in total. The molecule has 1 aliphatic rings. The summed E-state index contributed by atoms with van der Waals surface area (Å²) in [6.07, 6.45) is 6.25. The summed E-state index contributed by atoms with van der Waals surface area (Å²) in [5.41, 5.74) is 0. The summed E-state index contributed by atoms with van der Waals surface area (Å²) in [6.45, 7) is 1.84. The molecule has 0 spiro atoms.